The number of pyridine rings is 4. The summed E-state index contributed by atoms with van der Waals surface area (Å²) in [5.74, 6) is 0.345. The molecule has 0 aliphatic carbocycles. The molecule has 0 saturated heterocycles. The van der Waals surface area contributed by atoms with Crippen LogP contribution in [0.25, 0.3) is 21.8 Å². The molecule has 352 valence electrons. The van der Waals surface area contributed by atoms with Crippen LogP contribution >= 0.6 is 35.6 Å². The number of hydrogen-bond donors (Lipinski definition) is 4. The summed E-state index contributed by atoms with van der Waals surface area (Å²) in [5.41, 5.74) is 14.9. The standard InChI is InChI=1S/C27H29ClN6O3.C22H21ClN6O.ClH/c1-16-8-24(33-26(36)37-27(3,4)5)32-17(2)21(16)12-30-25(35)23-14-34(15-31-23)13-18-6-7-22-19(9-18)10-20(28)11-29-22;1-13-5-21(24)28-14(2)18(13)9-26-22(30)20-11-29(12-27-20)10-15-3-4-19-16(6-15)7-17(23)8-25-19;/h6-11,14-15H,12-13H2,1-5H3,(H,30,35)(H,32,33,36);3-8,11-12H,9-10H2,1-2H3,(H2,24,28)(H,26,30);1H. The minimum absolute atomic E-state index is 0. The molecule has 0 aliphatic heterocycles. The van der Waals surface area contributed by atoms with Crippen molar-refractivity contribution in [1.82, 2.24) is 49.7 Å². The third-order valence-corrected chi connectivity index (χ3v) is 10.9. The molecular formula is C49H51Cl3N12O4. The smallest absolute Gasteiger partial charge is 0.413 e. The van der Waals surface area contributed by atoms with Crippen molar-refractivity contribution < 1.29 is 19.1 Å². The van der Waals surface area contributed by atoms with Gasteiger partial charge in [0.1, 0.15) is 28.6 Å². The summed E-state index contributed by atoms with van der Waals surface area (Å²) in [5, 5.41) is 11.6. The lowest BCUT2D eigenvalue weighted by Gasteiger charge is -2.20. The summed E-state index contributed by atoms with van der Waals surface area (Å²) in [6, 6.07) is 19.3. The van der Waals surface area contributed by atoms with E-state index >= 15 is 0 Å². The van der Waals surface area contributed by atoms with Gasteiger partial charge < -0.3 is 30.2 Å². The van der Waals surface area contributed by atoms with Gasteiger partial charge in [-0.15, -0.1) is 12.4 Å². The fourth-order valence-corrected chi connectivity index (χ4v) is 7.66. The SMILES string of the molecule is Cc1cc(N)nc(C)c1CNC(=O)c1cn(Cc2ccc3ncc(Cl)cc3c2)cn1.Cc1cc(NC(=O)OC(C)(C)C)nc(C)c1CNC(=O)c1cn(Cc2ccc3ncc(Cl)cc3c2)cn1.Cl. The van der Waals surface area contributed by atoms with Gasteiger partial charge in [-0.3, -0.25) is 24.9 Å². The van der Waals surface area contributed by atoms with Gasteiger partial charge in [-0.05, 0) is 130 Å². The van der Waals surface area contributed by atoms with Crippen LogP contribution in [-0.2, 0) is 30.9 Å². The lowest BCUT2D eigenvalue weighted by atomic mass is 10.1. The van der Waals surface area contributed by atoms with E-state index < -0.39 is 11.7 Å². The number of fused-ring (bicyclic) bond motifs is 2. The van der Waals surface area contributed by atoms with Crippen LogP contribution in [0.2, 0.25) is 10.0 Å². The zero-order valence-electron chi connectivity index (χ0n) is 38.5. The lowest BCUT2D eigenvalue weighted by Crippen LogP contribution is -2.28. The van der Waals surface area contributed by atoms with Gasteiger partial charge in [0.25, 0.3) is 11.8 Å². The van der Waals surface area contributed by atoms with Gasteiger partial charge in [-0.1, -0.05) is 35.3 Å². The molecule has 6 heterocycles. The number of benzene rings is 2. The Bertz CT molecular complexity index is 3100. The Labute approximate surface area is 409 Å². The van der Waals surface area contributed by atoms with Gasteiger partial charge in [0.05, 0.1) is 33.7 Å². The van der Waals surface area contributed by atoms with E-state index in [1.54, 1.807) is 70.3 Å². The predicted molar refractivity (Wildman–Crippen MR) is 267 cm³/mol. The van der Waals surface area contributed by atoms with E-state index in [1.807, 2.05) is 85.4 Å². The number of imidazole rings is 2. The second-order valence-corrected chi connectivity index (χ2v) is 17.9. The predicted octanol–water partition coefficient (Wildman–Crippen LogP) is 9.50. The van der Waals surface area contributed by atoms with Crippen molar-refractivity contribution in [2.45, 2.75) is 80.2 Å². The molecule has 0 radical (unpaired) electrons. The highest BCUT2D eigenvalue weighted by atomic mass is 35.5. The Morgan fingerprint density at radius 1 is 0.662 bits per heavy atom. The summed E-state index contributed by atoms with van der Waals surface area (Å²) < 4.78 is 9.00. The molecule has 0 spiro atoms. The number of aromatic nitrogens is 8. The van der Waals surface area contributed by atoms with Gasteiger partial charge in [-0.25, -0.2) is 24.7 Å². The van der Waals surface area contributed by atoms with Crippen LogP contribution in [0.1, 0.15) is 86.5 Å². The molecule has 0 unspecified atom stereocenters. The van der Waals surface area contributed by atoms with Crippen LogP contribution in [0, 0.1) is 27.7 Å². The summed E-state index contributed by atoms with van der Waals surface area (Å²) in [6.07, 6.45) is 9.41. The number of hydrogen-bond acceptors (Lipinski definition) is 11. The fraction of sp³-hybridized carbons (Fsp3) is 0.245. The maximum absolute atomic E-state index is 12.8. The number of amides is 3. The first kappa shape index (κ1) is 50.3. The van der Waals surface area contributed by atoms with Crippen LogP contribution in [0.3, 0.4) is 0 Å². The minimum atomic E-state index is -0.605. The normalized spacial score (nSPS) is 11.1. The number of carbonyl (C=O) groups excluding carboxylic acids is 3. The van der Waals surface area contributed by atoms with Gasteiger partial charge in [0, 0.05) is 73.1 Å². The van der Waals surface area contributed by atoms with Crippen LogP contribution in [0.4, 0.5) is 16.4 Å². The highest BCUT2D eigenvalue weighted by molar-refractivity contribution is 6.31. The molecule has 68 heavy (non-hydrogen) atoms. The van der Waals surface area contributed by atoms with E-state index in [9.17, 15) is 14.4 Å². The van der Waals surface area contributed by atoms with Crippen LogP contribution in [-0.4, -0.2) is 62.5 Å². The van der Waals surface area contributed by atoms with Crippen molar-refractivity contribution in [3.8, 4) is 0 Å². The van der Waals surface area contributed by atoms with Gasteiger partial charge in [0.2, 0.25) is 0 Å². The lowest BCUT2D eigenvalue weighted by molar-refractivity contribution is 0.0634. The fourth-order valence-electron chi connectivity index (χ4n) is 7.33. The van der Waals surface area contributed by atoms with E-state index in [0.717, 1.165) is 60.9 Å². The molecule has 0 atom stereocenters. The molecular weight excluding hydrogens is 927 g/mol. The molecule has 8 rings (SSSR count). The van der Waals surface area contributed by atoms with Crippen molar-refractivity contribution >= 4 is 87.0 Å². The number of rotatable bonds is 11. The Balaban J connectivity index is 0.000000225. The second-order valence-electron chi connectivity index (χ2n) is 17.0. The first-order chi connectivity index (χ1) is 31.8. The first-order valence-electron chi connectivity index (χ1n) is 21.2. The summed E-state index contributed by atoms with van der Waals surface area (Å²) in [6.45, 7) is 14.7. The number of halogens is 3. The topological polar surface area (TPSA) is 210 Å². The third kappa shape index (κ3) is 13.3. The number of aryl methyl sites for hydroxylation is 4. The Morgan fingerprint density at radius 3 is 1.59 bits per heavy atom. The number of ether oxygens (including phenoxy) is 1. The molecule has 6 aromatic heterocycles. The van der Waals surface area contributed by atoms with Gasteiger partial charge >= 0.3 is 6.09 Å². The number of nitrogen functional groups attached to an aromatic ring is 1. The minimum Gasteiger partial charge on any atom is -0.444 e. The molecule has 0 bridgehead atoms. The molecule has 0 fully saturated rings. The van der Waals surface area contributed by atoms with E-state index in [1.165, 1.54) is 0 Å². The Morgan fingerprint density at radius 2 is 1.13 bits per heavy atom. The quantitative estimate of drug-likeness (QED) is 0.0959. The van der Waals surface area contributed by atoms with Crippen molar-refractivity contribution in [2.75, 3.05) is 11.1 Å². The van der Waals surface area contributed by atoms with E-state index in [0.29, 0.717) is 58.4 Å². The molecule has 3 amide bonds. The average molecular weight is 978 g/mol. The van der Waals surface area contributed by atoms with E-state index in [-0.39, 0.29) is 30.8 Å². The molecule has 2 aromatic carbocycles. The summed E-state index contributed by atoms with van der Waals surface area (Å²) in [7, 11) is 0. The molecule has 5 N–H and O–H groups in total. The zero-order chi connectivity index (χ0) is 48.0. The van der Waals surface area contributed by atoms with Crippen molar-refractivity contribution in [3.05, 3.63) is 164 Å². The maximum atomic E-state index is 12.8. The molecule has 0 aliphatic rings. The second kappa shape index (κ2) is 21.7. The van der Waals surface area contributed by atoms with E-state index in [2.05, 4.69) is 45.9 Å². The average Bonchev–Trinajstić information content (AvgIpc) is 3.92. The number of nitrogens with zero attached hydrogens (tertiary/aromatic N) is 8. The maximum Gasteiger partial charge on any atom is 0.413 e. The van der Waals surface area contributed by atoms with Crippen molar-refractivity contribution in [1.29, 1.82) is 0 Å². The van der Waals surface area contributed by atoms with Crippen molar-refractivity contribution in [2.24, 2.45) is 0 Å². The Kier molecular flexibility index (Phi) is 16.0. The number of anilines is 2. The van der Waals surface area contributed by atoms with E-state index in [4.69, 9.17) is 33.7 Å². The highest BCUT2D eigenvalue weighted by Gasteiger charge is 2.19. The number of carbonyl (C=O) groups is 3. The van der Waals surface area contributed by atoms with Crippen LogP contribution < -0.4 is 21.7 Å². The number of nitrogens with one attached hydrogen (secondary N) is 3. The molecule has 19 heteroatoms. The third-order valence-electron chi connectivity index (χ3n) is 10.5. The number of nitrogens with two attached hydrogens (primary N) is 1. The first-order valence-corrected chi connectivity index (χ1v) is 22.0. The largest absolute Gasteiger partial charge is 0.444 e. The zero-order valence-corrected chi connectivity index (χ0v) is 40.8. The molecule has 16 nitrogen and oxygen atoms in total. The van der Waals surface area contributed by atoms with Gasteiger partial charge in [0.15, 0.2) is 0 Å². The monoisotopic (exact) mass is 976 g/mol. The van der Waals surface area contributed by atoms with Crippen molar-refractivity contribution in [3.63, 3.8) is 0 Å². The van der Waals surface area contributed by atoms with Crippen LogP contribution in [0.5, 0.6) is 0 Å². The summed E-state index contributed by atoms with van der Waals surface area (Å²) in [4.78, 5) is 63.2. The highest BCUT2D eigenvalue weighted by Crippen LogP contribution is 2.22. The van der Waals surface area contributed by atoms with Gasteiger partial charge in [-0.2, -0.15) is 0 Å². The summed E-state index contributed by atoms with van der Waals surface area (Å²) >= 11 is 12.1. The molecule has 8 aromatic rings. The Hall–Kier alpha value is -7.14. The van der Waals surface area contributed by atoms with Crippen LogP contribution in [0.15, 0.2) is 98.1 Å². The molecule has 0 saturated carbocycles.